The molecule has 7 amide bonds. The Labute approximate surface area is 334 Å². The van der Waals surface area contributed by atoms with Crippen molar-refractivity contribution in [1.29, 1.82) is 0 Å². The predicted octanol–water partition coefficient (Wildman–Crippen LogP) is 1.67. The smallest absolute Gasteiger partial charge is 0.317 e. The van der Waals surface area contributed by atoms with E-state index >= 15 is 0 Å². The van der Waals surface area contributed by atoms with Gasteiger partial charge in [0.25, 0.3) is 17.4 Å². The highest BCUT2D eigenvalue weighted by atomic mass is 16.5. The van der Waals surface area contributed by atoms with Crippen molar-refractivity contribution >= 4 is 35.6 Å². The molecule has 4 aliphatic rings. The Bertz CT molecular complexity index is 2220. The van der Waals surface area contributed by atoms with Crippen LogP contribution in [0.15, 0.2) is 41.3 Å². The molecule has 2 fully saturated rings. The standard InChI is InChI=1S/C41H47N7O10/c1-42-41(55)47-13-12-25-27(21-44(2)38(52)28(25)23-47)24-19-32(56-3)29(33(20-24)57-4)22-45-14-16-46(17-15-45)35(50)9-6-18-58-31-8-5-7-26-36(31)40(54)48(39(26)53)30-10-11-34(49)43-37(30)51/h5,7-8,19-21,30H,6,9-18,22-23H2,1-4H3,(H,42,55)(H,43,49,51). The first-order chi connectivity index (χ1) is 27.9. The van der Waals surface area contributed by atoms with Gasteiger partial charge in [-0.2, -0.15) is 0 Å². The Hall–Kier alpha value is -6.23. The first kappa shape index (κ1) is 40.0. The van der Waals surface area contributed by atoms with Crippen LogP contribution in [0.1, 0.15) is 63.1 Å². The molecule has 306 valence electrons. The van der Waals surface area contributed by atoms with Gasteiger partial charge in [-0.15, -0.1) is 0 Å². The van der Waals surface area contributed by atoms with Crippen molar-refractivity contribution in [3.63, 3.8) is 0 Å². The van der Waals surface area contributed by atoms with Crippen molar-refractivity contribution in [3.05, 3.63) is 74.7 Å². The van der Waals surface area contributed by atoms with Crippen LogP contribution in [-0.4, -0.2) is 126 Å². The van der Waals surface area contributed by atoms with Gasteiger partial charge in [0, 0.05) is 83.5 Å². The van der Waals surface area contributed by atoms with Gasteiger partial charge >= 0.3 is 6.03 Å². The monoisotopic (exact) mass is 797 g/mol. The topological polar surface area (TPSA) is 189 Å². The molecule has 0 saturated carbocycles. The molecule has 7 rings (SSSR count). The number of urea groups is 1. The summed E-state index contributed by atoms with van der Waals surface area (Å²) in [7, 11) is 6.50. The quantitative estimate of drug-likeness (QED) is 0.212. The number of aryl methyl sites for hydroxylation is 1. The SMILES string of the molecule is CNC(=O)N1CCc2c(-c3cc(OC)c(CN4CCN(C(=O)CCCOc5cccc6c5C(=O)N(C5CCC(=O)NC5=O)C6=O)CC4)c(OC)c3)cn(C)c(=O)c2C1. The van der Waals surface area contributed by atoms with Gasteiger partial charge in [0.05, 0.1) is 44.1 Å². The zero-order chi connectivity index (χ0) is 41.2. The highest BCUT2D eigenvalue weighted by molar-refractivity contribution is 6.24. The van der Waals surface area contributed by atoms with Gasteiger partial charge in [-0.1, -0.05) is 6.07 Å². The lowest BCUT2D eigenvalue weighted by atomic mass is 9.91. The minimum atomic E-state index is -1.07. The average molecular weight is 798 g/mol. The van der Waals surface area contributed by atoms with Crippen LogP contribution in [0.2, 0.25) is 0 Å². The molecule has 2 aromatic carbocycles. The summed E-state index contributed by atoms with van der Waals surface area (Å²) in [4.78, 5) is 95.9. The fourth-order valence-electron chi connectivity index (χ4n) is 8.22. The predicted molar refractivity (Wildman–Crippen MR) is 208 cm³/mol. The molecule has 58 heavy (non-hydrogen) atoms. The van der Waals surface area contributed by atoms with Crippen LogP contribution in [0.5, 0.6) is 17.2 Å². The number of hydrogen-bond donors (Lipinski definition) is 2. The van der Waals surface area contributed by atoms with Gasteiger partial charge in [0.15, 0.2) is 0 Å². The van der Waals surface area contributed by atoms with Crippen molar-refractivity contribution in [1.82, 2.24) is 34.8 Å². The normalized spacial score (nSPS) is 18.1. The number of hydrogen-bond acceptors (Lipinski definition) is 11. The molecule has 5 heterocycles. The first-order valence-corrected chi connectivity index (χ1v) is 19.3. The van der Waals surface area contributed by atoms with E-state index in [9.17, 15) is 33.6 Å². The number of carbonyl (C=O) groups excluding carboxylic acids is 6. The molecule has 4 aliphatic heterocycles. The van der Waals surface area contributed by atoms with Gasteiger partial charge in [0.1, 0.15) is 23.3 Å². The van der Waals surface area contributed by atoms with E-state index in [4.69, 9.17) is 14.2 Å². The van der Waals surface area contributed by atoms with Crippen molar-refractivity contribution in [2.75, 3.05) is 60.6 Å². The third kappa shape index (κ3) is 7.60. The van der Waals surface area contributed by atoms with Crippen LogP contribution < -0.4 is 30.4 Å². The maximum absolute atomic E-state index is 13.4. The lowest BCUT2D eigenvalue weighted by molar-refractivity contribution is -0.136. The minimum Gasteiger partial charge on any atom is -0.496 e. The minimum absolute atomic E-state index is 0.0182. The number of nitrogens with one attached hydrogen (secondary N) is 2. The zero-order valence-corrected chi connectivity index (χ0v) is 33.1. The van der Waals surface area contributed by atoms with Crippen LogP contribution in [0.3, 0.4) is 0 Å². The summed E-state index contributed by atoms with van der Waals surface area (Å²) in [6.45, 7) is 3.67. The van der Waals surface area contributed by atoms with Crippen LogP contribution >= 0.6 is 0 Å². The summed E-state index contributed by atoms with van der Waals surface area (Å²) in [6.07, 6.45) is 3.05. The van der Waals surface area contributed by atoms with Crippen LogP contribution in [0.25, 0.3) is 11.1 Å². The molecule has 1 aromatic heterocycles. The number of fused-ring (bicyclic) bond motifs is 2. The molecule has 17 heteroatoms. The second-order valence-corrected chi connectivity index (χ2v) is 14.7. The number of aromatic nitrogens is 1. The molecule has 2 N–H and O–H groups in total. The Morgan fingerprint density at radius 3 is 2.26 bits per heavy atom. The highest BCUT2D eigenvalue weighted by Gasteiger charge is 2.46. The fraction of sp³-hybridized carbons (Fsp3) is 0.439. The van der Waals surface area contributed by atoms with E-state index in [-0.39, 0.29) is 66.8 Å². The molecule has 3 aromatic rings. The number of imide groups is 2. The number of nitrogens with zero attached hydrogens (tertiary/aromatic N) is 5. The van der Waals surface area contributed by atoms with Gasteiger partial charge in [-0.3, -0.25) is 43.9 Å². The van der Waals surface area contributed by atoms with Gasteiger partial charge in [-0.25, -0.2) is 4.79 Å². The summed E-state index contributed by atoms with van der Waals surface area (Å²) in [5.74, 6) is -0.930. The van der Waals surface area contributed by atoms with E-state index < -0.39 is 29.7 Å². The number of carbonyl (C=O) groups is 6. The maximum atomic E-state index is 13.4. The van der Waals surface area contributed by atoms with E-state index in [2.05, 4.69) is 15.5 Å². The first-order valence-electron chi connectivity index (χ1n) is 19.3. The molecule has 17 nitrogen and oxygen atoms in total. The second-order valence-electron chi connectivity index (χ2n) is 14.7. The van der Waals surface area contributed by atoms with E-state index in [0.717, 1.165) is 27.2 Å². The van der Waals surface area contributed by atoms with E-state index in [1.165, 1.54) is 6.07 Å². The molecular formula is C41H47N7O10. The summed E-state index contributed by atoms with van der Waals surface area (Å²) < 4.78 is 19.3. The Morgan fingerprint density at radius 1 is 0.862 bits per heavy atom. The summed E-state index contributed by atoms with van der Waals surface area (Å²) in [5, 5.41) is 4.83. The average Bonchev–Trinajstić information content (AvgIpc) is 3.49. The molecule has 1 unspecified atom stereocenters. The molecule has 0 aliphatic carbocycles. The van der Waals surface area contributed by atoms with Crippen molar-refractivity contribution in [3.8, 4) is 28.4 Å². The molecule has 0 radical (unpaired) electrons. The highest BCUT2D eigenvalue weighted by Crippen LogP contribution is 2.39. The van der Waals surface area contributed by atoms with Crippen LogP contribution in [0.4, 0.5) is 4.79 Å². The number of piperidine rings is 1. The number of piperazine rings is 1. The molecule has 1 atom stereocenters. The lowest BCUT2D eigenvalue weighted by Crippen LogP contribution is -2.54. The third-order valence-electron chi connectivity index (χ3n) is 11.3. The van der Waals surface area contributed by atoms with Gasteiger partial charge < -0.3 is 33.9 Å². The number of ether oxygens (including phenoxy) is 3. The van der Waals surface area contributed by atoms with Gasteiger partial charge in [0.2, 0.25) is 17.7 Å². The van der Waals surface area contributed by atoms with Crippen LogP contribution in [-0.2, 0) is 40.9 Å². The second kappa shape index (κ2) is 16.7. The van der Waals surface area contributed by atoms with Crippen LogP contribution in [0, 0.1) is 0 Å². The molecule has 0 spiro atoms. The molecule has 0 bridgehead atoms. The van der Waals surface area contributed by atoms with Gasteiger partial charge in [-0.05, 0) is 54.7 Å². The third-order valence-corrected chi connectivity index (χ3v) is 11.3. The Morgan fingerprint density at radius 2 is 1.59 bits per heavy atom. The zero-order valence-electron chi connectivity index (χ0n) is 33.1. The Balaban J connectivity index is 0.943. The summed E-state index contributed by atoms with van der Waals surface area (Å²) in [5.41, 5.74) is 4.14. The van der Waals surface area contributed by atoms with E-state index in [1.54, 1.807) is 49.9 Å². The summed E-state index contributed by atoms with van der Waals surface area (Å²) >= 11 is 0. The maximum Gasteiger partial charge on any atom is 0.317 e. The number of pyridine rings is 1. The number of amides is 7. The van der Waals surface area contributed by atoms with E-state index in [1.807, 2.05) is 23.2 Å². The number of methoxy groups -OCH3 is 2. The van der Waals surface area contributed by atoms with Crippen molar-refractivity contribution < 1.29 is 43.0 Å². The fourth-order valence-corrected chi connectivity index (χ4v) is 8.22. The number of rotatable bonds is 11. The van der Waals surface area contributed by atoms with E-state index in [0.29, 0.717) is 69.2 Å². The Kier molecular flexibility index (Phi) is 11.5. The molecular weight excluding hydrogens is 750 g/mol. The molecule has 2 saturated heterocycles. The van der Waals surface area contributed by atoms with Crippen molar-refractivity contribution in [2.45, 2.75) is 51.2 Å². The largest absolute Gasteiger partial charge is 0.496 e. The summed E-state index contributed by atoms with van der Waals surface area (Å²) in [6, 6.07) is 7.30. The van der Waals surface area contributed by atoms with Crippen molar-refractivity contribution in [2.24, 2.45) is 7.05 Å². The number of benzene rings is 2. The lowest BCUT2D eigenvalue weighted by Gasteiger charge is -2.35.